The minimum absolute atomic E-state index is 0.0468. The zero-order chi connectivity index (χ0) is 28.7. The lowest BCUT2D eigenvalue weighted by atomic mass is 9.88. The average Bonchev–Trinajstić information content (AvgIpc) is 3.60. The van der Waals surface area contributed by atoms with Crippen LogP contribution >= 0.6 is 0 Å². The first-order valence-corrected chi connectivity index (χ1v) is 13.4. The van der Waals surface area contributed by atoms with Gasteiger partial charge in [0, 0.05) is 11.8 Å². The van der Waals surface area contributed by atoms with Crippen molar-refractivity contribution in [2.45, 2.75) is 24.5 Å². The first-order valence-electron chi connectivity index (χ1n) is 13.4. The lowest BCUT2D eigenvalue weighted by Gasteiger charge is -2.17. The first kappa shape index (κ1) is 24.8. The van der Waals surface area contributed by atoms with Crippen LogP contribution in [0.4, 0.5) is 0 Å². The number of fused-ring (bicyclic) bond motifs is 2. The molecule has 0 amide bonds. The number of nitrogens with zero attached hydrogens (tertiary/aromatic N) is 4. The number of nitrogens with one attached hydrogen (secondary N) is 1. The minimum atomic E-state index is -1.50. The molecule has 0 saturated carbocycles. The summed E-state index contributed by atoms with van der Waals surface area (Å²) in [6.07, 6.45) is -2.54. The second kappa shape index (κ2) is 9.03. The Bertz CT molecular complexity index is 2240. The van der Waals surface area contributed by atoms with E-state index in [2.05, 4.69) is 63.8 Å². The smallest absolute Gasteiger partial charge is 0.330 e. The number of aliphatic hydroxyl groups is 3. The minimum Gasteiger partial charge on any atom is -0.394 e. The summed E-state index contributed by atoms with van der Waals surface area (Å²) >= 11 is 0. The molecule has 3 heterocycles. The van der Waals surface area contributed by atoms with E-state index in [-0.39, 0.29) is 5.69 Å². The van der Waals surface area contributed by atoms with Gasteiger partial charge in [-0.05, 0) is 43.1 Å². The topological polar surface area (TPSA) is 155 Å². The van der Waals surface area contributed by atoms with Crippen LogP contribution in [0, 0.1) is 0 Å². The van der Waals surface area contributed by atoms with Crippen LogP contribution in [0.15, 0.2) is 88.7 Å². The number of aromatic amines is 1. The molecule has 1 saturated heterocycles. The average molecular weight is 562 g/mol. The van der Waals surface area contributed by atoms with E-state index in [0.29, 0.717) is 5.69 Å². The van der Waals surface area contributed by atoms with Crippen molar-refractivity contribution in [3.63, 3.8) is 0 Å². The van der Waals surface area contributed by atoms with E-state index in [1.165, 1.54) is 32.4 Å². The Labute approximate surface area is 235 Å². The molecule has 0 unspecified atom stereocenters. The monoisotopic (exact) mass is 561 g/mol. The summed E-state index contributed by atoms with van der Waals surface area (Å²) in [5.74, 6) is 0. The molecule has 8 rings (SSSR count). The van der Waals surface area contributed by atoms with Gasteiger partial charge in [0.25, 0.3) is 5.56 Å². The van der Waals surface area contributed by atoms with Gasteiger partial charge in [0.05, 0.1) is 12.8 Å². The third kappa shape index (κ3) is 3.42. The Hall–Kier alpha value is -4.94. The Morgan fingerprint density at radius 3 is 2.19 bits per heavy atom. The molecule has 208 valence electrons. The summed E-state index contributed by atoms with van der Waals surface area (Å²) in [5, 5.41) is 47.6. The molecule has 0 spiro atoms. The zero-order valence-corrected chi connectivity index (χ0v) is 21.9. The van der Waals surface area contributed by atoms with Crippen molar-refractivity contribution in [1.82, 2.24) is 24.5 Å². The van der Waals surface area contributed by atoms with Gasteiger partial charge in [-0.15, -0.1) is 5.10 Å². The van der Waals surface area contributed by atoms with E-state index in [1.807, 2.05) is 18.2 Å². The van der Waals surface area contributed by atoms with Gasteiger partial charge < -0.3 is 20.1 Å². The van der Waals surface area contributed by atoms with Gasteiger partial charge in [-0.1, -0.05) is 71.9 Å². The molecule has 0 aliphatic carbocycles. The zero-order valence-electron chi connectivity index (χ0n) is 21.9. The van der Waals surface area contributed by atoms with Crippen LogP contribution in [0.5, 0.6) is 0 Å². The van der Waals surface area contributed by atoms with E-state index >= 15 is 0 Å². The Morgan fingerprint density at radius 1 is 0.810 bits per heavy atom. The molecule has 11 heteroatoms. The molecule has 1 aliphatic heterocycles. The molecule has 2 aromatic heterocycles. The molecule has 0 bridgehead atoms. The standard InChI is InChI=1S/C31H23N5O6/c37-14-24-27(38)28(39)30(42-24)35-13-23(29(40)32-31(35)41)36-12-22(33-34-36)16-10-11-21-19-7-2-5-15-4-1-6-18(25(15)19)20-9-3-8-17(16)26(20)21/h1-13,24,27-28,30,37-39H,14H2,(H,32,40,41)/t24-,27-,28-,30-/m1/s1. The maximum Gasteiger partial charge on any atom is 0.330 e. The van der Waals surface area contributed by atoms with Crippen LogP contribution in [0.1, 0.15) is 6.23 Å². The summed E-state index contributed by atoms with van der Waals surface area (Å²) in [6, 6.07) is 22.9. The highest BCUT2D eigenvalue weighted by atomic mass is 16.6. The maximum atomic E-state index is 12.8. The molecule has 4 atom stereocenters. The van der Waals surface area contributed by atoms with Gasteiger partial charge in [0.1, 0.15) is 29.7 Å². The number of benzene rings is 5. The van der Waals surface area contributed by atoms with Crippen molar-refractivity contribution in [3.05, 3.63) is 100.0 Å². The van der Waals surface area contributed by atoms with Crippen LogP contribution in [0.25, 0.3) is 60.0 Å². The molecular weight excluding hydrogens is 538 g/mol. The summed E-state index contributed by atoms with van der Waals surface area (Å²) in [4.78, 5) is 27.6. The fraction of sp³-hybridized carbons (Fsp3) is 0.161. The fourth-order valence-electron chi connectivity index (χ4n) is 6.31. The number of H-pyrrole nitrogens is 1. The predicted molar refractivity (Wildman–Crippen MR) is 156 cm³/mol. The Balaban J connectivity index is 1.28. The highest BCUT2D eigenvalue weighted by molar-refractivity contribution is 6.33. The van der Waals surface area contributed by atoms with Gasteiger partial charge in [0.2, 0.25) is 0 Å². The summed E-state index contributed by atoms with van der Waals surface area (Å²) < 4.78 is 7.69. The Morgan fingerprint density at radius 2 is 1.48 bits per heavy atom. The third-order valence-corrected chi connectivity index (χ3v) is 8.28. The number of ether oxygens (including phenoxy) is 1. The number of aliphatic hydroxyl groups excluding tert-OH is 3. The lowest BCUT2D eigenvalue weighted by molar-refractivity contribution is -0.0550. The van der Waals surface area contributed by atoms with Crippen LogP contribution in [-0.4, -0.2) is 64.8 Å². The number of aromatic nitrogens is 5. The largest absolute Gasteiger partial charge is 0.394 e. The van der Waals surface area contributed by atoms with Crippen molar-refractivity contribution in [2.24, 2.45) is 0 Å². The van der Waals surface area contributed by atoms with Crippen LogP contribution in [0.2, 0.25) is 0 Å². The number of rotatable bonds is 4. The van der Waals surface area contributed by atoms with E-state index < -0.39 is 42.4 Å². The van der Waals surface area contributed by atoms with Gasteiger partial charge in [-0.2, -0.15) is 0 Å². The Kier molecular flexibility index (Phi) is 5.34. The summed E-state index contributed by atoms with van der Waals surface area (Å²) in [6.45, 7) is -0.554. The van der Waals surface area contributed by atoms with Crippen LogP contribution in [0.3, 0.4) is 0 Å². The molecule has 1 aliphatic rings. The lowest BCUT2D eigenvalue weighted by Crippen LogP contribution is -2.39. The van der Waals surface area contributed by atoms with E-state index in [1.54, 1.807) is 6.20 Å². The summed E-state index contributed by atoms with van der Waals surface area (Å²) in [5.41, 5.74) is -0.282. The van der Waals surface area contributed by atoms with Gasteiger partial charge in [-0.25, -0.2) is 9.48 Å². The van der Waals surface area contributed by atoms with Crippen LogP contribution in [-0.2, 0) is 4.74 Å². The van der Waals surface area contributed by atoms with Crippen molar-refractivity contribution in [2.75, 3.05) is 6.61 Å². The van der Waals surface area contributed by atoms with E-state index in [0.717, 1.165) is 31.7 Å². The second-order valence-corrected chi connectivity index (χ2v) is 10.6. The molecule has 42 heavy (non-hydrogen) atoms. The van der Waals surface area contributed by atoms with Crippen molar-refractivity contribution >= 4 is 43.1 Å². The van der Waals surface area contributed by atoms with Gasteiger partial charge in [0.15, 0.2) is 6.23 Å². The molecule has 4 N–H and O–H groups in total. The second-order valence-electron chi connectivity index (χ2n) is 10.6. The first-order chi connectivity index (χ1) is 20.4. The van der Waals surface area contributed by atoms with Crippen molar-refractivity contribution in [3.8, 4) is 16.9 Å². The van der Waals surface area contributed by atoms with Crippen molar-refractivity contribution in [1.29, 1.82) is 0 Å². The SMILES string of the molecule is O=c1[nH]c(=O)n([C@@H]2O[C@H](CO)[C@@H](O)[C@H]2O)cc1-n1cc(-c2ccc3c4cccc5cccc(c6cccc2c63)c54)nn1. The van der Waals surface area contributed by atoms with Crippen molar-refractivity contribution < 1.29 is 20.1 Å². The molecule has 5 aromatic carbocycles. The number of hydrogen-bond acceptors (Lipinski definition) is 8. The predicted octanol–water partition coefficient (Wildman–Crippen LogP) is 2.45. The van der Waals surface area contributed by atoms with Gasteiger partial charge >= 0.3 is 5.69 Å². The quantitative estimate of drug-likeness (QED) is 0.189. The molecule has 11 nitrogen and oxygen atoms in total. The third-order valence-electron chi connectivity index (χ3n) is 8.28. The highest BCUT2D eigenvalue weighted by Gasteiger charge is 2.44. The molecule has 0 radical (unpaired) electrons. The van der Waals surface area contributed by atoms with E-state index in [4.69, 9.17) is 4.74 Å². The van der Waals surface area contributed by atoms with Crippen LogP contribution < -0.4 is 11.2 Å². The maximum absolute atomic E-state index is 12.8. The molecule has 1 fully saturated rings. The summed E-state index contributed by atoms with van der Waals surface area (Å²) in [7, 11) is 0. The highest BCUT2D eigenvalue weighted by Crippen LogP contribution is 2.42. The number of hydrogen-bond donors (Lipinski definition) is 4. The van der Waals surface area contributed by atoms with Gasteiger partial charge in [-0.3, -0.25) is 14.3 Å². The van der Waals surface area contributed by atoms with E-state index in [9.17, 15) is 24.9 Å². The fourth-order valence-corrected chi connectivity index (χ4v) is 6.31. The molecule has 7 aromatic rings. The normalized spacial score (nSPS) is 20.9. The molecular formula is C31H23N5O6.